The highest BCUT2D eigenvalue weighted by Crippen LogP contribution is 2.14. The monoisotopic (exact) mass is 327 g/mol. The summed E-state index contributed by atoms with van der Waals surface area (Å²) in [7, 11) is 0. The molecule has 0 atom stereocenters. The molecule has 7 heteroatoms. The molecule has 0 aliphatic heterocycles. The van der Waals surface area contributed by atoms with E-state index in [9.17, 15) is 9.59 Å². The molecular weight excluding hydrogens is 310 g/mol. The lowest BCUT2D eigenvalue weighted by molar-refractivity contribution is -0.147. The van der Waals surface area contributed by atoms with Gasteiger partial charge in [-0.3, -0.25) is 9.59 Å². The lowest BCUT2D eigenvalue weighted by Crippen LogP contribution is -2.21. The number of anilines is 1. The Morgan fingerprint density at radius 3 is 2.83 bits per heavy atom. The SMILES string of the molecule is Cc1noc(C)c1CCC(=O)OCC(=O)Nc1cccc(C#N)c1. The van der Waals surface area contributed by atoms with Gasteiger partial charge in [0, 0.05) is 17.7 Å². The van der Waals surface area contributed by atoms with Crippen molar-refractivity contribution in [2.75, 3.05) is 11.9 Å². The van der Waals surface area contributed by atoms with Gasteiger partial charge in [0.1, 0.15) is 5.76 Å². The van der Waals surface area contributed by atoms with Gasteiger partial charge in [0.05, 0.1) is 17.3 Å². The maximum Gasteiger partial charge on any atom is 0.306 e. The van der Waals surface area contributed by atoms with Crippen LogP contribution in [0.4, 0.5) is 5.69 Å². The molecule has 0 spiro atoms. The predicted molar refractivity (Wildman–Crippen MR) is 85.0 cm³/mol. The van der Waals surface area contributed by atoms with Gasteiger partial charge in [-0.25, -0.2) is 0 Å². The average molecular weight is 327 g/mol. The molecule has 0 fully saturated rings. The Balaban J connectivity index is 1.77. The molecule has 2 aromatic rings. The minimum Gasteiger partial charge on any atom is -0.456 e. The molecule has 7 nitrogen and oxygen atoms in total. The van der Waals surface area contributed by atoms with Gasteiger partial charge in [-0.1, -0.05) is 11.2 Å². The van der Waals surface area contributed by atoms with E-state index in [1.54, 1.807) is 32.0 Å². The highest BCUT2D eigenvalue weighted by Gasteiger charge is 2.13. The van der Waals surface area contributed by atoms with E-state index < -0.39 is 11.9 Å². The van der Waals surface area contributed by atoms with Crippen LogP contribution in [-0.2, 0) is 20.7 Å². The number of aromatic nitrogens is 1. The van der Waals surface area contributed by atoms with Crippen LogP contribution in [0, 0.1) is 25.2 Å². The normalized spacial score (nSPS) is 10.0. The zero-order valence-corrected chi connectivity index (χ0v) is 13.5. The van der Waals surface area contributed by atoms with Gasteiger partial charge < -0.3 is 14.6 Å². The Hall–Kier alpha value is -3.14. The van der Waals surface area contributed by atoms with Crippen molar-refractivity contribution in [1.29, 1.82) is 5.26 Å². The fraction of sp³-hybridized carbons (Fsp3) is 0.294. The number of carbonyl (C=O) groups excluding carboxylic acids is 2. The summed E-state index contributed by atoms with van der Waals surface area (Å²) < 4.78 is 9.97. The third-order valence-electron chi connectivity index (χ3n) is 3.40. The number of carbonyl (C=O) groups is 2. The average Bonchev–Trinajstić information content (AvgIpc) is 2.89. The fourth-order valence-electron chi connectivity index (χ4n) is 2.17. The Morgan fingerprint density at radius 2 is 2.17 bits per heavy atom. The van der Waals surface area contributed by atoms with Crippen LogP contribution in [0.3, 0.4) is 0 Å². The van der Waals surface area contributed by atoms with Crippen molar-refractivity contribution in [3.63, 3.8) is 0 Å². The van der Waals surface area contributed by atoms with Gasteiger partial charge >= 0.3 is 5.97 Å². The third kappa shape index (κ3) is 4.68. The van der Waals surface area contributed by atoms with Crippen LogP contribution in [-0.4, -0.2) is 23.6 Å². The van der Waals surface area contributed by atoms with Gasteiger partial charge in [-0.15, -0.1) is 0 Å². The Morgan fingerprint density at radius 1 is 1.38 bits per heavy atom. The molecule has 0 radical (unpaired) electrons. The van der Waals surface area contributed by atoms with Crippen molar-refractivity contribution < 1.29 is 18.8 Å². The number of hydrogen-bond acceptors (Lipinski definition) is 6. The van der Waals surface area contributed by atoms with E-state index in [2.05, 4.69) is 10.5 Å². The highest BCUT2D eigenvalue weighted by atomic mass is 16.5. The first-order valence-electron chi connectivity index (χ1n) is 7.37. The Labute approximate surface area is 139 Å². The molecule has 24 heavy (non-hydrogen) atoms. The summed E-state index contributed by atoms with van der Waals surface area (Å²) >= 11 is 0. The molecule has 0 saturated carbocycles. The number of nitrogens with zero attached hydrogens (tertiary/aromatic N) is 2. The van der Waals surface area contributed by atoms with Crippen molar-refractivity contribution in [2.24, 2.45) is 0 Å². The van der Waals surface area contributed by atoms with Gasteiger partial charge in [0.25, 0.3) is 5.91 Å². The maximum absolute atomic E-state index is 11.8. The zero-order chi connectivity index (χ0) is 17.5. The number of rotatable bonds is 6. The number of ether oxygens (including phenoxy) is 1. The molecule has 0 aliphatic carbocycles. The first-order valence-corrected chi connectivity index (χ1v) is 7.37. The summed E-state index contributed by atoms with van der Waals surface area (Å²) in [5.74, 6) is -0.262. The molecule has 0 unspecified atom stereocenters. The van der Waals surface area contributed by atoms with E-state index in [0.717, 1.165) is 11.3 Å². The molecule has 0 aliphatic rings. The zero-order valence-electron chi connectivity index (χ0n) is 13.5. The number of benzene rings is 1. The van der Waals surface area contributed by atoms with Crippen LogP contribution in [0.15, 0.2) is 28.8 Å². The van der Waals surface area contributed by atoms with E-state index in [1.807, 2.05) is 6.07 Å². The van der Waals surface area contributed by atoms with Crippen LogP contribution in [0.5, 0.6) is 0 Å². The molecule has 1 amide bonds. The smallest absolute Gasteiger partial charge is 0.306 e. The molecule has 1 aromatic carbocycles. The van der Waals surface area contributed by atoms with Gasteiger partial charge in [-0.05, 0) is 38.5 Å². The van der Waals surface area contributed by atoms with E-state index in [-0.39, 0.29) is 13.0 Å². The lowest BCUT2D eigenvalue weighted by Gasteiger charge is -2.07. The number of aryl methyl sites for hydroxylation is 2. The van der Waals surface area contributed by atoms with E-state index in [4.69, 9.17) is 14.5 Å². The molecule has 1 N–H and O–H groups in total. The third-order valence-corrected chi connectivity index (χ3v) is 3.40. The molecule has 2 rings (SSSR count). The number of nitrogens with one attached hydrogen (secondary N) is 1. The second-order valence-corrected chi connectivity index (χ2v) is 5.20. The van der Waals surface area contributed by atoms with Crippen molar-refractivity contribution in [1.82, 2.24) is 5.16 Å². The summed E-state index contributed by atoms with van der Waals surface area (Å²) in [5.41, 5.74) is 2.54. The van der Waals surface area contributed by atoms with E-state index >= 15 is 0 Å². The van der Waals surface area contributed by atoms with E-state index in [0.29, 0.717) is 23.4 Å². The van der Waals surface area contributed by atoms with Crippen LogP contribution in [0.2, 0.25) is 0 Å². The second-order valence-electron chi connectivity index (χ2n) is 5.20. The van der Waals surface area contributed by atoms with Crippen molar-refractivity contribution in [2.45, 2.75) is 26.7 Å². The van der Waals surface area contributed by atoms with Crippen molar-refractivity contribution in [3.05, 3.63) is 46.8 Å². The molecule has 0 bridgehead atoms. The fourth-order valence-corrected chi connectivity index (χ4v) is 2.17. The second kappa shape index (κ2) is 7.92. The molecule has 124 valence electrons. The van der Waals surface area contributed by atoms with Crippen LogP contribution >= 0.6 is 0 Å². The van der Waals surface area contributed by atoms with Crippen molar-refractivity contribution in [3.8, 4) is 6.07 Å². The predicted octanol–water partition coefficient (Wildman–Crippen LogP) is 2.28. The highest BCUT2D eigenvalue weighted by molar-refractivity contribution is 5.92. The lowest BCUT2D eigenvalue weighted by atomic mass is 10.1. The van der Waals surface area contributed by atoms with Crippen LogP contribution in [0.25, 0.3) is 0 Å². The summed E-state index contributed by atoms with van der Waals surface area (Å²) in [6.45, 7) is 3.21. The minimum atomic E-state index is -0.476. The number of esters is 1. The quantitative estimate of drug-likeness (QED) is 0.816. The molecule has 1 heterocycles. The Bertz CT molecular complexity index is 770. The van der Waals surface area contributed by atoms with E-state index in [1.165, 1.54) is 6.07 Å². The Kier molecular flexibility index (Phi) is 5.68. The number of amides is 1. The summed E-state index contributed by atoms with van der Waals surface area (Å²) in [6, 6.07) is 8.46. The summed E-state index contributed by atoms with van der Waals surface area (Å²) in [4.78, 5) is 23.5. The largest absolute Gasteiger partial charge is 0.456 e. The number of nitriles is 1. The summed E-state index contributed by atoms with van der Waals surface area (Å²) in [5, 5.41) is 15.2. The number of hydrogen-bond donors (Lipinski definition) is 1. The molecule has 1 aromatic heterocycles. The standard InChI is InChI=1S/C17H17N3O4/c1-11-15(12(2)24-20-11)6-7-17(22)23-10-16(21)19-14-5-3-4-13(8-14)9-18/h3-5,8H,6-7,10H2,1-2H3,(H,19,21). The minimum absolute atomic E-state index is 0.139. The first-order chi connectivity index (χ1) is 11.5. The van der Waals surface area contributed by atoms with Gasteiger partial charge in [-0.2, -0.15) is 5.26 Å². The topological polar surface area (TPSA) is 105 Å². The molecule has 0 saturated heterocycles. The summed E-state index contributed by atoms with van der Waals surface area (Å²) in [6.07, 6.45) is 0.589. The van der Waals surface area contributed by atoms with Gasteiger partial charge in [0.15, 0.2) is 6.61 Å². The van der Waals surface area contributed by atoms with Crippen LogP contribution < -0.4 is 5.32 Å². The van der Waals surface area contributed by atoms with Gasteiger partial charge in [0.2, 0.25) is 0 Å². The maximum atomic E-state index is 11.8. The molecular formula is C17H17N3O4. The van der Waals surface area contributed by atoms with Crippen LogP contribution in [0.1, 0.15) is 29.0 Å². The van der Waals surface area contributed by atoms with Crippen molar-refractivity contribution >= 4 is 17.6 Å². The first kappa shape index (κ1) is 17.2.